The van der Waals surface area contributed by atoms with Gasteiger partial charge in [-0.15, -0.1) is 0 Å². The molecule has 1 rings (SSSR count). The molecule has 1 aliphatic heterocycles. The Morgan fingerprint density at radius 3 is 3.00 bits per heavy atom. The van der Waals surface area contributed by atoms with Gasteiger partial charge in [-0.25, -0.2) is 0 Å². The zero-order valence-corrected chi connectivity index (χ0v) is 4.31. The van der Waals surface area contributed by atoms with Gasteiger partial charge in [0.2, 0.25) is 0 Å². The predicted molar refractivity (Wildman–Crippen MR) is 27.2 cm³/mol. The van der Waals surface area contributed by atoms with Crippen LogP contribution in [0.1, 0.15) is 0 Å². The molecule has 0 spiro atoms. The second kappa shape index (κ2) is 1.99. The second-order valence-electron chi connectivity index (χ2n) is 1.29. The van der Waals surface area contributed by atoms with Gasteiger partial charge in [0.15, 0.2) is 5.57 Å². The average molecular weight is 119 g/mol. The Balaban J connectivity index is 3.09. The lowest BCUT2D eigenvalue weighted by atomic mass is 10.3. The van der Waals surface area contributed by atoms with E-state index in [1.54, 1.807) is 6.07 Å². The van der Waals surface area contributed by atoms with E-state index in [0.29, 0.717) is 0 Å². The monoisotopic (exact) mass is 119 g/mol. The summed E-state index contributed by atoms with van der Waals surface area (Å²) >= 11 is 0. The highest BCUT2D eigenvalue weighted by Crippen LogP contribution is 2.03. The number of rotatable bonds is 0. The molecule has 0 aliphatic carbocycles. The number of amidine groups is 1. The maximum atomic E-state index is 8.24. The lowest BCUT2D eigenvalue weighted by Crippen LogP contribution is -1.92. The lowest BCUT2D eigenvalue weighted by molar-refractivity contribution is -0.00554. The van der Waals surface area contributed by atoms with Crippen molar-refractivity contribution in [2.75, 3.05) is 0 Å². The Morgan fingerprint density at radius 1 is 1.78 bits per heavy atom. The van der Waals surface area contributed by atoms with Crippen LogP contribution < -0.4 is 0 Å². The number of nitrogens with zero attached hydrogens (tertiary/aromatic N) is 5. The van der Waals surface area contributed by atoms with Gasteiger partial charge in [0, 0.05) is 0 Å². The molecule has 0 aromatic rings. The summed E-state index contributed by atoms with van der Waals surface area (Å²) in [6.07, 6.45) is 1.23. The molecule has 0 atom stereocenters. The number of hydrogen-bond acceptors (Lipinski definition) is 2. The highest BCUT2D eigenvalue weighted by atomic mass is 15.2. The van der Waals surface area contributed by atoms with Crippen molar-refractivity contribution < 1.29 is 4.79 Å². The van der Waals surface area contributed by atoms with Crippen LogP contribution in [0.3, 0.4) is 0 Å². The molecular weight excluding hydrogens is 118 g/mol. The summed E-state index contributed by atoms with van der Waals surface area (Å²) < 4.78 is 0. The fourth-order valence-corrected chi connectivity index (χ4v) is 0.406. The Labute approximate surface area is 50.6 Å². The van der Waals surface area contributed by atoms with Crippen LogP contribution in [0.25, 0.3) is 5.53 Å². The molecule has 1 aliphatic rings. The van der Waals surface area contributed by atoms with Crippen molar-refractivity contribution >= 4 is 5.84 Å². The Bertz CT molecular complexity index is 272. The summed E-state index contributed by atoms with van der Waals surface area (Å²) in [5.74, 6) is -0.0301. The first kappa shape index (κ1) is 5.35. The van der Waals surface area contributed by atoms with Gasteiger partial charge in [0.05, 0.1) is 5.11 Å². The smallest absolute Gasteiger partial charge is 0.445 e. The standard InChI is InChI=1S/C4HN5/c5-1-3-2-7-9-4(3)8-6/h2H. The molecule has 0 radical (unpaired) electrons. The molecule has 0 saturated heterocycles. The fourth-order valence-electron chi connectivity index (χ4n) is 0.406. The fraction of sp³-hybridized carbons (Fsp3) is 0. The second-order valence-corrected chi connectivity index (χ2v) is 1.29. The van der Waals surface area contributed by atoms with Crippen molar-refractivity contribution in [1.29, 1.82) is 5.26 Å². The summed E-state index contributed by atoms with van der Waals surface area (Å²) in [5, 5.41) is 14.9. The van der Waals surface area contributed by atoms with Crippen molar-refractivity contribution in [2.24, 2.45) is 10.2 Å². The van der Waals surface area contributed by atoms with E-state index in [2.05, 4.69) is 15.0 Å². The van der Waals surface area contributed by atoms with Gasteiger partial charge in [-0.05, 0) is 5.11 Å². The van der Waals surface area contributed by atoms with E-state index < -0.39 is 0 Å². The molecule has 0 aromatic carbocycles. The Kier molecular flexibility index (Phi) is 1.18. The summed E-state index contributed by atoms with van der Waals surface area (Å²) in [6, 6.07) is 1.75. The SMILES string of the molecule is N#CC1=CN=NC1=[N+]=[N-]. The number of nitriles is 1. The largest absolute Gasteiger partial charge is 0.497 e. The third-order valence-electron chi connectivity index (χ3n) is 0.795. The lowest BCUT2D eigenvalue weighted by Gasteiger charge is -1.68. The van der Waals surface area contributed by atoms with Crippen molar-refractivity contribution in [3.8, 4) is 6.07 Å². The number of hydrogen-bond donors (Lipinski definition) is 0. The number of azo groups is 1. The minimum absolute atomic E-state index is 0.0301. The van der Waals surface area contributed by atoms with E-state index in [-0.39, 0.29) is 11.4 Å². The van der Waals surface area contributed by atoms with Gasteiger partial charge in [-0.3, -0.25) is 0 Å². The summed E-state index contributed by atoms with van der Waals surface area (Å²) in [5.41, 5.74) is 8.29. The molecule has 1 heterocycles. The maximum absolute atomic E-state index is 8.24. The predicted octanol–water partition coefficient (Wildman–Crippen LogP) is 0.488. The van der Waals surface area contributed by atoms with Crippen molar-refractivity contribution in [3.05, 3.63) is 17.3 Å². The van der Waals surface area contributed by atoms with E-state index in [1.807, 2.05) is 0 Å². The summed E-state index contributed by atoms with van der Waals surface area (Å²) in [7, 11) is 0. The first-order valence-electron chi connectivity index (χ1n) is 2.12. The molecule has 42 valence electrons. The van der Waals surface area contributed by atoms with Crippen LogP contribution in [0, 0.1) is 11.3 Å². The minimum Gasteiger partial charge on any atom is -0.497 e. The van der Waals surface area contributed by atoms with Crippen LogP contribution in [-0.2, 0) is 0 Å². The van der Waals surface area contributed by atoms with Crippen molar-refractivity contribution in [1.82, 2.24) is 0 Å². The van der Waals surface area contributed by atoms with Gasteiger partial charge in [-0.2, -0.15) is 5.26 Å². The van der Waals surface area contributed by atoms with E-state index in [0.717, 1.165) is 0 Å². The first-order chi connectivity index (χ1) is 4.38. The molecule has 0 unspecified atom stereocenters. The van der Waals surface area contributed by atoms with Crippen LogP contribution in [0.4, 0.5) is 0 Å². The molecule has 0 fully saturated rings. The molecule has 0 aromatic heterocycles. The molecule has 9 heavy (non-hydrogen) atoms. The van der Waals surface area contributed by atoms with Crippen LogP contribution in [0.2, 0.25) is 0 Å². The van der Waals surface area contributed by atoms with Gasteiger partial charge in [0.1, 0.15) is 12.3 Å². The van der Waals surface area contributed by atoms with Crippen LogP contribution >= 0.6 is 0 Å². The summed E-state index contributed by atoms with van der Waals surface area (Å²) in [4.78, 5) is 2.71. The molecule has 0 amide bonds. The van der Waals surface area contributed by atoms with Crippen LogP contribution in [0.15, 0.2) is 22.0 Å². The van der Waals surface area contributed by atoms with E-state index in [9.17, 15) is 0 Å². The molecule has 0 bridgehead atoms. The average Bonchev–Trinajstić information content (AvgIpc) is 2.33. The topological polar surface area (TPSA) is 84.9 Å². The van der Waals surface area contributed by atoms with E-state index in [4.69, 9.17) is 10.8 Å². The highest BCUT2D eigenvalue weighted by molar-refractivity contribution is 5.99. The minimum atomic E-state index is -0.0301. The van der Waals surface area contributed by atoms with Gasteiger partial charge >= 0.3 is 5.84 Å². The quantitative estimate of drug-likeness (QED) is 0.337. The third kappa shape index (κ3) is 0.738. The van der Waals surface area contributed by atoms with Crippen molar-refractivity contribution in [2.45, 2.75) is 0 Å². The zero-order chi connectivity index (χ0) is 6.69. The summed E-state index contributed by atoms with van der Waals surface area (Å²) in [6.45, 7) is 0. The van der Waals surface area contributed by atoms with Crippen LogP contribution in [-0.4, -0.2) is 10.6 Å². The van der Waals surface area contributed by atoms with Gasteiger partial charge < -0.3 is 10.3 Å². The van der Waals surface area contributed by atoms with Crippen molar-refractivity contribution in [3.63, 3.8) is 0 Å². The van der Waals surface area contributed by atoms with Gasteiger partial charge in [-0.1, -0.05) is 0 Å². The molecule has 5 nitrogen and oxygen atoms in total. The van der Waals surface area contributed by atoms with Crippen LogP contribution in [0.5, 0.6) is 0 Å². The Morgan fingerprint density at radius 2 is 2.56 bits per heavy atom. The normalized spacial score (nSPS) is 14.6. The van der Waals surface area contributed by atoms with Gasteiger partial charge in [0.25, 0.3) is 0 Å². The first-order valence-corrected chi connectivity index (χ1v) is 2.12. The molecule has 0 saturated carbocycles. The van der Waals surface area contributed by atoms with E-state index in [1.165, 1.54) is 6.20 Å². The maximum Gasteiger partial charge on any atom is 0.445 e. The Hall–Kier alpha value is -1.79. The zero-order valence-electron chi connectivity index (χ0n) is 4.31. The molecule has 0 N–H and O–H groups in total. The van der Waals surface area contributed by atoms with E-state index >= 15 is 0 Å². The highest BCUT2D eigenvalue weighted by Gasteiger charge is 2.20. The third-order valence-corrected chi connectivity index (χ3v) is 0.795. The molecule has 5 heteroatoms. The molecular formula is C4HN5.